The highest BCUT2D eigenvalue weighted by molar-refractivity contribution is 9.11. The number of benzene rings is 4. The van der Waals surface area contributed by atoms with Gasteiger partial charge in [-0.15, -0.1) is 0 Å². The normalized spacial score (nSPS) is 9.76. The van der Waals surface area contributed by atoms with Gasteiger partial charge in [-0.3, -0.25) is 0 Å². The molecule has 212 valence electrons. The quantitative estimate of drug-likeness (QED) is 0.113. The van der Waals surface area contributed by atoms with E-state index in [-0.39, 0.29) is 43.5 Å². The molecule has 0 heterocycles. The second-order valence-corrected chi connectivity index (χ2v) is 10.9. The summed E-state index contributed by atoms with van der Waals surface area (Å²) in [6, 6.07) is 22.7. The minimum Gasteiger partial charge on any atom is -0.505 e. The largest absolute Gasteiger partial charge is 0.505 e. The molecule has 6 N–H and O–H groups in total. The molecular weight excluding hydrogens is 760 g/mol. The third-order valence-corrected chi connectivity index (χ3v) is 7.78. The van der Waals surface area contributed by atoms with Gasteiger partial charge in [0.05, 0.1) is 38.3 Å². The van der Waals surface area contributed by atoms with Gasteiger partial charge in [0.15, 0.2) is 11.5 Å². The van der Waals surface area contributed by atoms with Crippen LogP contribution in [0.4, 0.5) is 32.3 Å². The number of nitriles is 2. The van der Waals surface area contributed by atoms with E-state index < -0.39 is 12.1 Å². The van der Waals surface area contributed by atoms with Gasteiger partial charge in [0.1, 0.15) is 17.2 Å². The molecule has 4 aromatic rings. The van der Waals surface area contributed by atoms with E-state index in [9.17, 15) is 19.8 Å². The topological polar surface area (TPSA) is 170 Å². The van der Waals surface area contributed by atoms with Crippen LogP contribution in [0.25, 0.3) is 0 Å². The lowest BCUT2D eigenvalue weighted by Crippen LogP contribution is -2.19. The Morgan fingerprint density at radius 1 is 0.619 bits per heavy atom. The van der Waals surface area contributed by atoms with Crippen molar-refractivity contribution in [2.45, 2.75) is 0 Å². The van der Waals surface area contributed by atoms with Gasteiger partial charge in [-0.05, 0) is 96.3 Å². The molecular formula is C28H18Br3ClN6O4. The monoisotopic (exact) mass is 774 g/mol. The zero-order valence-corrected chi connectivity index (χ0v) is 26.6. The van der Waals surface area contributed by atoms with Crippen LogP contribution in [-0.4, -0.2) is 22.3 Å². The maximum atomic E-state index is 11.9. The molecule has 0 saturated heterocycles. The lowest BCUT2D eigenvalue weighted by Gasteiger charge is -2.11. The van der Waals surface area contributed by atoms with Crippen molar-refractivity contribution in [2.75, 3.05) is 21.3 Å². The van der Waals surface area contributed by atoms with Crippen LogP contribution in [0, 0.1) is 22.7 Å². The minimum absolute atomic E-state index is 0.101. The lowest BCUT2D eigenvalue weighted by atomic mass is 10.2. The van der Waals surface area contributed by atoms with Crippen molar-refractivity contribution < 1.29 is 19.8 Å². The molecule has 0 bridgehead atoms. The van der Waals surface area contributed by atoms with E-state index in [2.05, 4.69) is 69.1 Å². The van der Waals surface area contributed by atoms with Gasteiger partial charge in [-0.1, -0.05) is 35.9 Å². The van der Waals surface area contributed by atoms with Crippen molar-refractivity contribution in [1.29, 1.82) is 10.5 Å². The van der Waals surface area contributed by atoms with E-state index in [0.717, 1.165) is 8.95 Å². The molecule has 42 heavy (non-hydrogen) atoms. The number of para-hydroxylation sites is 2. The SMILES string of the molecule is N#Cc1ccc(NC(=O)Nc2ccccc2Br)c(O)c1Br.N#Cc1ccc(NC(=O)Nc2ccccc2Br)c(O)c1Cl. The number of carbonyl (C=O) groups is 2. The van der Waals surface area contributed by atoms with Gasteiger partial charge >= 0.3 is 12.1 Å². The Kier molecular flexibility index (Phi) is 11.6. The number of amides is 4. The van der Waals surface area contributed by atoms with Crippen LogP contribution in [0.2, 0.25) is 5.02 Å². The van der Waals surface area contributed by atoms with Gasteiger partial charge < -0.3 is 31.5 Å². The minimum atomic E-state index is -0.544. The van der Waals surface area contributed by atoms with Crippen molar-refractivity contribution in [1.82, 2.24) is 0 Å². The average molecular weight is 778 g/mol. The first kappa shape index (κ1) is 32.2. The van der Waals surface area contributed by atoms with Gasteiger partial charge in [0, 0.05) is 8.95 Å². The van der Waals surface area contributed by atoms with Crippen molar-refractivity contribution in [2.24, 2.45) is 0 Å². The van der Waals surface area contributed by atoms with E-state index in [4.69, 9.17) is 22.1 Å². The average Bonchev–Trinajstić information content (AvgIpc) is 2.97. The van der Waals surface area contributed by atoms with Crippen molar-refractivity contribution in [3.63, 3.8) is 0 Å². The van der Waals surface area contributed by atoms with E-state index in [1.165, 1.54) is 24.3 Å². The molecule has 0 unspecified atom stereocenters. The first-order valence-corrected chi connectivity index (χ1v) is 14.3. The predicted octanol–water partition coefficient (Wildman–Crippen LogP) is 8.76. The summed E-state index contributed by atoms with van der Waals surface area (Å²) in [5.41, 5.74) is 1.90. The van der Waals surface area contributed by atoms with Crippen molar-refractivity contribution in [3.05, 3.63) is 102 Å². The Morgan fingerprint density at radius 3 is 1.48 bits per heavy atom. The summed E-state index contributed by atoms with van der Waals surface area (Å²) in [7, 11) is 0. The molecule has 0 spiro atoms. The van der Waals surface area contributed by atoms with Crippen LogP contribution in [0.15, 0.2) is 86.2 Å². The fraction of sp³-hybridized carbons (Fsp3) is 0. The molecule has 14 heteroatoms. The van der Waals surface area contributed by atoms with E-state index in [1.54, 1.807) is 36.4 Å². The van der Waals surface area contributed by atoms with Crippen molar-refractivity contribution in [3.8, 4) is 23.6 Å². The summed E-state index contributed by atoms with van der Waals surface area (Å²) in [5, 5.41) is 47.6. The Labute approximate surface area is 270 Å². The number of nitrogens with one attached hydrogen (secondary N) is 4. The van der Waals surface area contributed by atoms with Crippen LogP contribution in [0.1, 0.15) is 11.1 Å². The number of aromatic hydroxyl groups is 2. The number of anilines is 4. The van der Waals surface area contributed by atoms with Gasteiger partial charge in [-0.2, -0.15) is 10.5 Å². The second kappa shape index (κ2) is 15.1. The number of carbonyl (C=O) groups excluding carboxylic acids is 2. The Balaban J connectivity index is 0.000000230. The molecule has 0 saturated carbocycles. The summed E-state index contributed by atoms with van der Waals surface area (Å²) in [6.45, 7) is 0. The second-order valence-electron chi connectivity index (χ2n) is 7.99. The number of halogens is 4. The van der Waals surface area contributed by atoms with Crippen LogP contribution in [0.5, 0.6) is 11.5 Å². The number of rotatable bonds is 4. The summed E-state index contributed by atoms with van der Waals surface area (Å²) in [4.78, 5) is 23.8. The van der Waals surface area contributed by atoms with Gasteiger partial charge in [-0.25, -0.2) is 9.59 Å². The summed E-state index contributed by atoms with van der Waals surface area (Å²) < 4.78 is 1.70. The van der Waals surface area contributed by atoms with Gasteiger partial charge in [0.2, 0.25) is 0 Å². The van der Waals surface area contributed by atoms with Crippen LogP contribution < -0.4 is 21.3 Å². The highest BCUT2D eigenvalue weighted by Gasteiger charge is 2.14. The number of urea groups is 2. The highest BCUT2D eigenvalue weighted by atomic mass is 79.9. The fourth-order valence-corrected chi connectivity index (χ4v) is 4.59. The third-order valence-electron chi connectivity index (χ3n) is 5.21. The number of nitrogens with zero attached hydrogens (tertiary/aromatic N) is 2. The summed E-state index contributed by atoms with van der Waals surface area (Å²) in [5.74, 6) is -0.547. The smallest absolute Gasteiger partial charge is 0.323 e. The first-order chi connectivity index (χ1) is 20.0. The van der Waals surface area contributed by atoms with E-state index >= 15 is 0 Å². The van der Waals surface area contributed by atoms with Gasteiger partial charge in [0.25, 0.3) is 0 Å². The molecule has 10 nitrogen and oxygen atoms in total. The Bertz CT molecular complexity index is 1610. The zero-order chi connectivity index (χ0) is 30.8. The van der Waals surface area contributed by atoms with Crippen LogP contribution in [-0.2, 0) is 0 Å². The molecule has 0 aliphatic heterocycles. The molecule has 0 radical (unpaired) electrons. The maximum absolute atomic E-state index is 11.9. The Morgan fingerprint density at radius 2 is 1.02 bits per heavy atom. The zero-order valence-electron chi connectivity index (χ0n) is 21.0. The molecule has 4 amide bonds. The molecule has 0 aliphatic rings. The maximum Gasteiger partial charge on any atom is 0.323 e. The molecule has 0 atom stereocenters. The highest BCUT2D eigenvalue weighted by Crippen LogP contribution is 2.36. The lowest BCUT2D eigenvalue weighted by molar-refractivity contribution is 0.261. The number of hydrogen-bond acceptors (Lipinski definition) is 6. The molecule has 0 aliphatic carbocycles. The first-order valence-electron chi connectivity index (χ1n) is 11.5. The van der Waals surface area contributed by atoms with Crippen molar-refractivity contribution >= 4 is 94.2 Å². The number of phenolic OH excluding ortho intramolecular Hbond substituents is 2. The molecule has 0 fully saturated rings. The Hall–Kier alpha value is -4.27. The number of hydrogen-bond donors (Lipinski definition) is 6. The molecule has 4 rings (SSSR count). The van der Waals surface area contributed by atoms with Crippen LogP contribution in [0.3, 0.4) is 0 Å². The summed E-state index contributed by atoms with van der Waals surface area (Å²) >= 11 is 15.5. The fourth-order valence-electron chi connectivity index (χ4n) is 3.18. The summed E-state index contributed by atoms with van der Waals surface area (Å²) in [6.07, 6.45) is 0. The third kappa shape index (κ3) is 8.38. The number of phenols is 2. The molecule has 0 aromatic heterocycles. The predicted molar refractivity (Wildman–Crippen MR) is 172 cm³/mol. The standard InChI is InChI=1S/C14H9Br2N3O2.C14H9BrClN3O2/c2*15-9-3-1-2-4-10(9)18-14(21)19-11-6-5-8(7-17)12(16)13(11)20/h2*1-6,20H,(H2,18,19,21). The van der Waals surface area contributed by atoms with E-state index in [0.29, 0.717) is 11.4 Å². The molecule has 4 aromatic carbocycles. The van der Waals surface area contributed by atoms with E-state index in [1.807, 2.05) is 24.3 Å². The van der Waals surface area contributed by atoms with Crippen LogP contribution >= 0.6 is 59.4 Å².